The van der Waals surface area contributed by atoms with Gasteiger partial charge in [0.05, 0.1) is 23.4 Å². The van der Waals surface area contributed by atoms with E-state index in [1.807, 2.05) is 12.1 Å². The summed E-state index contributed by atoms with van der Waals surface area (Å²) in [4.78, 5) is 27.1. The van der Waals surface area contributed by atoms with E-state index in [0.717, 1.165) is 34.1 Å². The molecule has 26 heavy (non-hydrogen) atoms. The van der Waals surface area contributed by atoms with Gasteiger partial charge in [-0.2, -0.15) is 0 Å². The van der Waals surface area contributed by atoms with E-state index in [-0.39, 0.29) is 11.7 Å². The summed E-state index contributed by atoms with van der Waals surface area (Å²) < 4.78 is 19.1. The molecule has 3 aromatic rings. The van der Waals surface area contributed by atoms with E-state index in [2.05, 4.69) is 10.3 Å². The van der Waals surface area contributed by atoms with Crippen molar-refractivity contribution < 1.29 is 18.7 Å². The van der Waals surface area contributed by atoms with Gasteiger partial charge in [-0.3, -0.25) is 9.59 Å². The van der Waals surface area contributed by atoms with Gasteiger partial charge in [0.25, 0.3) is 0 Å². The molecule has 2 heterocycles. The lowest BCUT2D eigenvalue weighted by atomic mass is 10.1. The smallest absolute Gasteiger partial charge is 0.219 e. The Morgan fingerprint density at radius 3 is 2.73 bits per heavy atom. The Hall–Kier alpha value is -2.58. The third-order valence-electron chi connectivity index (χ3n) is 3.97. The van der Waals surface area contributed by atoms with Gasteiger partial charge >= 0.3 is 0 Å². The molecule has 0 spiro atoms. The normalized spacial score (nSPS) is 14.0. The zero-order valence-corrected chi connectivity index (χ0v) is 15.0. The average molecular weight is 375 g/mol. The van der Waals surface area contributed by atoms with Gasteiger partial charge in [-0.25, -0.2) is 9.37 Å². The van der Waals surface area contributed by atoms with Gasteiger partial charge in [0, 0.05) is 25.4 Å². The number of nitrogens with zero attached hydrogens (tertiary/aromatic N) is 2. The van der Waals surface area contributed by atoms with Gasteiger partial charge in [-0.1, -0.05) is 17.4 Å². The maximum absolute atomic E-state index is 13.1. The van der Waals surface area contributed by atoms with Crippen LogP contribution < -0.4 is 5.32 Å². The molecule has 0 atom stereocenters. The highest BCUT2D eigenvalue weighted by Gasteiger charge is 2.11. The van der Waals surface area contributed by atoms with E-state index in [4.69, 9.17) is 4.74 Å². The number of thiazole rings is 1. The maximum atomic E-state index is 13.1. The number of amides is 2. The predicted octanol–water partition coefficient (Wildman–Crippen LogP) is 3.02. The van der Waals surface area contributed by atoms with Crippen molar-refractivity contribution in [1.29, 1.82) is 0 Å². The Kier molecular flexibility index (Phi) is 5.75. The fourth-order valence-corrected chi connectivity index (χ4v) is 3.63. The number of carbonyl (C=O) groups excluding carboxylic acids is 2. The first-order valence-corrected chi connectivity index (χ1v) is 8.92. The second kappa shape index (κ2) is 8.20. The summed E-state index contributed by atoms with van der Waals surface area (Å²) >= 11 is 1.38. The van der Waals surface area contributed by atoms with Gasteiger partial charge in [-0.15, -0.1) is 0 Å². The van der Waals surface area contributed by atoms with Crippen LogP contribution in [-0.4, -0.2) is 48.5 Å². The van der Waals surface area contributed by atoms with Crippen LogP contribution in [0.3, 0.4) is 0 Å². The Labute approximate surface area is 153 Å². The molecule has 2 amide bonds. The molecule has 1 aromatic heterocycles. The number of morpholine rings is 1. The van der Waals surface area contributed by atoms with E-state index in [1.165, 1.54) is 23.5 Å². The lowest BCUT2D eigenvalue weighted by Crippen LogP contribution is -2.39. The van der Waals surface area contributed by atoms with Crippen molar-refractivity contribution in [3.05, 3.63) is 36.1 Å². The van der Waals surface area contributed by atoms with Gasteiger partial charge in [0.2, 0.25) is 12.3 Å². The van der Waals surface area contributed by atoms with E-state index in [9.17, 15) is 14.0 Å². The first-order valence-electron chi connectivity index (χ1n) is 8.11. The van der Waals surface area contributed by atoms with E-state index < -0.39 is 0 Å². The molecule has 1 N–H and O–H groups in total. The number of hydrogen-bond acceptors (Lipinski definition) is 5. The number of fused-ring (bicyclic) bond motifs is 3. The molecule has 4 rings (SSSR count). The molecule has 0 unspecified atom stereocenters. The molecule has 0 radical (unpaired) electrons. The fourth-order valence-electron chi connectivity index (χ4n) is 2.68. The first kappa shape index (κ1) is 18.2. The number of benzene rings is 2. The average Bonchev–Trinajstić information content (AvgIpc) is 3.06. The Balaban J connectivity index is 0.000000185. The Morgan fingerprint density at radius 2 is 2.08 bits per heavy atom. The molecule has 1 aliphatic heterocycles. The molecular formula is C18H18FN3O3S. The molecule has 8 heteroatoms. The number of nitrogens with one attached hydrogen (secondary N) is 1. The van der Waals surface area contributed by atoms with Crippen LogP contribution in [-0.2, 0) is 14.3 Å². The standard InChI is InChI=1S/C12H7FN2OS.C6H11NO2/c13-8-2-3-9-7(5-8)1-4-10-11(9)17-12(15-10)14-6-16;1-6(8)7-2-4-9-5-3-7/h1-6H,(H,14,15,16);2-5H2,1H3. The lowest BCUT2D eigenvalue weighted by Gasteiger charge is -2.25. The van der Waals surface area contributed by atoms with Crippen LogP contribution in [0.1, 0.15) is 6.92 Å². The molecule has 6 nitrogen and oxygen atoms in total. The molecule has 136 valence electrons. The van der Waals surface area contributed by atoms with Crippen molar-refractivity contribution in [2.24, 2.45) is 0 Å². The molecule has 0 aliphatic carbocycles. The maximum Gasteiger partial charge on any atom is 0.219 e. The summed E-state index contributed by atoms with van der Waals surface area (Å²) in [6.45, 7) is 4.50. The summed E-state index contributed by atoms with van der Waals surface area (Å²) in [5.41, 5.74) is 0.804. The third kappa shape index (κ3) is 4.14. The van der Waals surface area contributed by atoms with Gasteiger partial charge in [-0.05, 0) is 29.7 Å². The zero-order chi connectivity index (χ0) is 18.5. The fraction of sp³-hybridized carbons (Fsp3) is 0.278. The molecule has 1 aliphatic rings. The van der Waals surface area contributed by atoms with Crippen molar-refractivity contribution in [3.63, 3.8) is 0 Å². The summed E-state index contributed by atoms with van der Waals surface area (Å²) in [6, 6.07) is 8.29. The molecule has 0 bridgehead atoms. The molecule has 1 fully saturated rings. The van der Waals surface area contributed by atoms with Crippen LogP contribution in [0.5, 0.6) is 0 Å². The van der Waals surface area contributed by atoms with Crippen LogP contribution in [0, 0.1) is 5.82 Å². The number of hydrogen-bond donors (Lipinski definition) is 1. The molecule has 1 saturated heterocycles. The van der Waals surface area contributed by atoms with Crippen molar-refractivity contribution >= 4 is 49.8 Å². The number of aromatic nitrogens is 1. The summed E-state index contributed by atoms with van der Waals surface area (Å²) in [5.74, 6) is -0.106. The second-order valence-electron chi connectivity index (χ2n) is 5.68. The van der Waals surface area contributed by atoms with E-state index >= 15 is 0 Å². The second-order valence-corrected chi connectivity index (χ2v) is 6.68. The van der Waals surface area contributed by atoms with Gasteiger partial charge in [0.15, 0.2) is 5.13 Å². The summed E-state index contributed by atoms with van der Waals surface area (Å²) in [5, 5.41) is 4.85. The molecule has 2 aromatic carbocycles. The minimum Gasteiger partial charge on any atom is -0.378 e. The van der Waals surface area contributed by atoms with Crippen LogP contribution in [0.15, 0.2) is 30.3 Å². The highest BCUT2D eigenvalue weighted by Crippen LogP contribution is 2.32. The quantitative estimate of drug-likeness (QED) is 0.699. The highest BCUT2D eigenvalue weighted by molar-refractivity contribution is 7.23. The number of ether oxygens (including phenoxy) is 1. The van der Waals surface area contributed by atoms with E-state index in [0.29, 0.717) is 24.8 Å². The lowest BCUT2D eigenvalue weighted by molar-refractivity contribution is -0.132. The minimum atomic E-state index is -0.257. The number of anilines is 1. The largest absolute Gasteiger partial charge is 0.378 e. The van der Waals surface area contributed by atoms with Gasteiger partial charge < -0.3 is 15.0 Å². The SMILES string of the molecule is CC(=O)N1CCOCC1.O=CNc1nc2ccc3cc(F)ccc3c2s1. The van der Waals surface area contributed by atoms with Crippen LogP contribution >= 0.6 is 11.3 Å². The monoisotopic (exact) mass is 375 g/mol. The highest BCUT2D eigenvalue weighted by atomic mass is 32.1. The van der Waals surface area contributed by atoms with Crippen molar-refractivity contribution in [1.82, 2.24) is 9.88 Å². The molecular weight excluding hydrogens is 357 g/mol. The Morgan fingerprint density at radius 1 is 1.31 bits per heavy atom. The van der Waals surface area contributed by atoms with E-state index in [1.54, 1.807) is 17.9 Å². The van der Waals surface area contributed by atoms with Crippen molar-refractivity contribution in [3.8, 4) is 0 Å². The van der Waals surface area contributed by atoms with Crippen molar-refractivity contribution in [2.45, 2.75) is 6.92 Å². The summed E-state index contributed by atoms with van der Waals surface area (Å²) in [7, 11) is 0. The number of halogens is 1. The van der Waals surface area contributed by atoms with Crippen LogP contribution in [0.25, 0.3) is 21.0 Å². The van der Waals surface area contributed by atoms with Crippen LogP contribution in [0.2, 0.25) is 0 Å². The zero-order valence-electron chi connectivity index (χ0n) is 14.2. The third-order valence-corrected chi connectivity index (χ3v) is 5.01. The van der Waals surface area contributed by atoms with Gasteiger partial charge in [0.1, 0.15) is 5.82 Å². The topological polar surface area (TPSA) is 71.5 Å². The number of rotatable bonds is 2. The van der Waals surface area contributed by atoms with Crippen LogP contribution in [0.4, 0.5) is 9.52 Å². The predicted molar refractivity (Wildman–Crippen MR) is 99.8 cm³/mol. The Bertz CT molecular complexity index is 938. The van der Waals surface area contributed by atoms with Crippen molar-refractivity contribution in [2.75, 3.05) is 31.6 Å². The number of carbonyl (C=O) groups is 2. The molecule has 0 saturated carbocycles. The minimum absolute atomic E-state index is 0.151. The summed E-state index contributed by atoms with van der Waals surface area (Å²) in [6.07, 6.45) is 0.597. The first-order chi connectivity index (χ1) is 12.6.